The van der Waals surface area contributed by atoms with Crippen molar-refractivity contribution in [1.82, 2.24) is 14.8 Å². The Labute approximate surface area is 130 Å². The number of hydrogen-bond acceptors (Lipinski definition) is 4. The number of hydrogen-bond donors (Lipinski definition) is 1. The zero-order valence-electron chi connectivity index (χ0n) is 12.6. The summed E-state index contributed by atoms with van der Waals surface area (Å²) in [6.07, 6.45) is 2.45. The molecule has 1 aliphatic carbocycles. The zero-order chi connectivity index (χ0) is 14.8. The first kappa shape index (κ1) is 14.6. The van der Waals surface area contributed by atoms with Gasteiger partial charge in [0.25, 0.3) is 0 Å². The molecule has 0 atom stereocenters. The predicted molar refractivity (Wildman–Crippen MR) is 86.3 cm³/mol. The molecule has 21 heavy (non-hydrogen) atoms. The van der Waals surface area contributed by atoms with E-state index in [1.54, 1.807) is 11.8 Å². The molecule has 2 N–H and O–H groups in total. The Morgan fingerprint density at radius 1 is 1.24 bits per heavy atom. The molecular weight excluding hydrogens is 280 g/mol. The first-order valence-corrected chi connectivity index (χ1v) is 8.53. The van der Waals surface area contributed by atoms with Gasteiger partial charge in [-0.1, -0.05) is 49.9 Å². The summed E-state index contributed by atoms with van der Waals surface area (Å²) in [6, 6.07) is 9.44. The van der Waals surface area contributed by atoms with Crippen molar-refractivity contribution in [3.63, 3.8) is 0 Å². The molecule has 1 saturated carbocycles. The molecule has 2 aromatic rings. The fourth-order valence-electron chi connectivity index (χ4n) is 2.39. The second-order valence-electron chi connectivity index (χ2n) is 5.89. The predicted octanol–water partition coefficient (Wildman–Crippen LogP) is 3.49. The zero-order valence-corrected chi connectivity index (χ0v) is 13.4. The minimum absolute atomic E-state index is 0.465. The van der Waals surface area contributed by atoms with Crippen LogP contribution in [0.2, 0.25) is 0 Å². The topological polar surface area (TPSA) is 56.7 Å². The van der Waals surface area contributed by atoms with Crippen LogP contribution in [0.4, 0.5) is 0 Å². The standard InChI is InChI=1S/C16H22N4S/c1-11(2)13-5-3-12(4-6-13)10-21-16-19-18-15(9-17)20(16)14-7-8-14/h3-6,11,14H,7-10,17H2,1-2H3. The number of nitrogens with zero attached hydrogens (tertiary/aromatic N) is 3. The van der Waals surface area contributed by atoms with Gasteiger partial charge in [0.1, 0.15) is 5.82 Å². The van der Waals surface area contributed by atoms with Crippen LogP contribution in [0.25, 0.3) is 0 Å². The van der Waals surface area contributed by atoms with Crippen LogP contribution in [0.5, 0.6) is 0 Å². The van der Waals surface area contributed by atoms with Crippen molar-refractivity contribution in [2.75, 3.05) is 0 Å². The van der Waals surface area contributed by atoms with Gasteiger partial charge in [-0.2, -0.15) is 0 Å². The molecule has 5 heteroatoms. The molecule has 0 saturated heterocycles. The summed E-state index contributed by atoms with van der Waals surface area (Å²) in [5, 5.41) is 9.52. The maximum Gasteiger partial charge on any atom is 0.191 e. The molecular formula is C16H22N4S. The third-order valence-electron chi connectivity index (χ3n) is 3.84. The Hall–Kier alpha value is -1.33. The minimum Gasteiger partial charge on any atom is -0.324 e. The van der Waals surface area contributed by atoms with Gasteiger partial charge < -0.3 is 10.3 Å². The fourth-order valence-corrected chi connectivity index (χ4v) is 3.37. The first-order chi connectivity index (χ1) is 10.2. The van der Waals surface area contributed by atoms with E-state index in [0.29, 0.717) is 18.5 Å². The molecule has 4 nitrogen and oxygen atoms in total. The van der Waals surface area contributed by atoms with Crippen molar-refractivity contribution >= 4 is 11.8 Å². The van der Waals surface area contributed by atoms with Crippen LogP contribution in [-0.2, 0) is 12.3 Å². The molecule has 0 bridgehead atoms. The monoisotopic (exact) mass is 302 g/mol. The Bertz CT molecular complexity index is 599. The van der Waals surface area contributed by atoms with Crippen molar-refractivity contribution in [3.05, 3.63) is 41.2 Å². The van der Waals surface area contributed by atoms with Crippen LogP contribution in [0, 0.1) is 0 Å². The first-order valence-electron chi connectivity index (χ1n) is 7.54. The van der Waals surface area contributed by atoms with Gasteiger partial charge in [0.05, 0.1) is 6.54 Å². The van der Waals surface area contributed by atoms with Gasteiger partial charge in [0.2, 0.25) is 0 Å². The lowest BCUT2D eigenvalue weighted by Crippen LogP contribution is -2.08. The lowest BCUT2D eigenvalue weighted by atomic mass is 10.0. The molecule has 0 spiro atoms. The highest BCUT2D eigenvalue weighted by molar-refractivity contribution is 7.98. The molecule has 112 valence electrons. The quantitative estimate of drug-likeness (QED) is 0.830. The van der Waals surface area contributed by atoms with Crippen molar-refractivity contribution in [2.24, 2.45) is 5.73 Å². The molecule has 1 aromatic carbocycles. The second kappa shape index (κ2) is 6.20. The molecule has 0 radical (unpaired) electrons. The van der Waals surface area contributed by atoms with Gasteiger partial charge in [0, 0.05) is 11.8 Å². The summed E-state index contributed by atoms with van der Waals surface area (Å²) in [5.74, 6) is 2.42. The van der Waals surface area contributed by atoms with E-state index in [0.717, 1.165) is 16.7 Å². The summed E-state index contributed by atoms with van der Waals surface area (Å²) >= 11 is 1.75. The maximum atomic E-state index is 5.75. The Kier molecular flexibility index (Phi) is 4.31. The summed E-state index contributed by atoms with van der Waals surface area (Å²) in [4.78, 5) is 0. The lowest BCUT2D eigenvalue weighted by molar-refractivity contribution is 0.626. The van der Waals surface area contributed by atoms with Gasteiger partial charge in [-0.05, 0) is 29.9 Å². The summed E-state index contributed by atoms with van der Waals surface area (Å²) in [5.41, 5.74) is 8.46. The van der Waals surface area contributed by atoms with Crippen molar-refractivity contribution in [3.8, 4) is 0 Å². The van der Waals surface area contributed by atoms with E-state index >= 15 is 0 Å². The Morgan fingerprint density at radius 2 is 1.95 bits per heavy atom. The SMILES string of the molecule is CC(C)c1ccc(CSc2nnc(CN)n2C2CC2)cc1. The molecule has 1 fully saturated rings. The highest BCUT2D eigenvalue weighted by atomic mass is 32.2. The van der Waals surface area contributed by atoms with Crippen LogP contribution in [0.15, 0.2) is 29.4 Å². The van der Waals surface area contributed by atoms with E-state index in [-0.39, 0.29) is 0 Å². The van der Waals surface area contributed by atoms with Gasteiger partial charge in [-0.3, -0.25) is 0 Å². The molecule has 0 amide bonds. The van der Waals surface area contributed by atoms with Gasteiger partial charge in [-0.25, -0.2) is 0 Å². The summed E-state index contributed by atoms with van der Waals surface area (Å²) in [6.45, 7) is 4.90. The second-order valence-corrected chi connectivity index (χ2v) is 6.83. The van der Waals surface area contributed by atoms with Crippen LogP contribution >= 0.6 is 11.8 Å². The lowest BCUT2D eigenvalue weighted by Gasteiger charge is -2.08. The fraction of sp³-hybridized carbons (Fsp3) is 0.500. The molecule has 1 heterocycles. The van der Waals surface area contributed by atoms with Crippen LogP contribution < -0.4 is 5.73 Å². The molecule has 1 aromatic heterocycles. The van der Waals surface area contributed by atoms with Crippen LogP contribution in [-0.4, -0.2) is 14.8 Å². The molecule has 1 aliphatic rings. The van der Waals surface area contributed by atoms with Gasteiger partial charge >= 0.3 is 0 Å². The van der Waals surface area contributed by atoms with E-state index in [9.17, 15) is 0 Å². The summed E-state index contributed by atoms with van der Waals surface area (Å²) in [7, 11) is 0. The average Bonchev–Trinajstić information content (AvgIpc) is 3.25. The van der Waals surface area contributed by atoms with E-state index in [4.69, 9.17) is 5.73 Å². The number of nitrogens with two attached hydrogens (primary N) is 1. The third-order valence-corrected chi connectivity index (χ3v) is 4.86. The third kappa shape index (κ3) is 3.30. The van der Waals surface area contributed by atoms with E-state index in [2.05, 4.69) is 52.9 Å². The highest BCUT2D eigenvalue weighted by Crippen LogP contribution is 2.39. The smallest absolute Gasteiger partial charge is 0.191 e. The number of rotatable bonds is 6. The Balaban J connectivity index is 1.68. The minimum atomic E-state index is 0.465. The Morgan fingerprint density at radius 3 is 2.52 bits per heavy atom. The number of benzene rings is 1. The molecule has 0 unspecified atom stereocenters. The largest absolute Gasteiger partial charge is 0.324 e. The van der Waals surface area contributed by atoms with E-state index in [1.165, 1.54) is 24.0 Å². The molecule has 0 aliphatic heterocycles. The molecule has 3 rings (SSSR count). The van der Waals surface area contributed by atoms with Crippen LogP contribution in [0.1, 0.15) is 55.6 Å². The van der Waals surface area contributed by atoms with E-state index < -0.39 is 0 Å². The van der Waals surface area contributed by atoms with Crippen molar-refractivity contribution in [2.45, 2.75) is 56.1 Å². The maximum absolute atomic E-state index is 5.75. The number of aromatic nitrogens is 3. The highest BCUT2D eigenvalue weighted by Gasteiger charge is 2.29. The van der Waals surface area contributed by atoms with Crippen LogP contribution in [0.3, 0.4) is 0 Å². The summed E-state index contributed by atoms with van der Waals surface area (Å²) < 4.78 is 2.23. The van der Waals surface area contributed by atoms with Crippen molar-refractivity contribution < 1.29 is 0 Å². The average molecular weight is 302 g/mol. The number of thioether (sulfide) groups is 1. The normalized spacial score (nSPS) is 14.9. The van der Waals surface area contributed by atoms with Gasteiger partial charge in [-0.15, -0.1) is 10.2 Å². The van der Waals surface area contributed by atoms with E-state index in [1.807, 2.05) is 0 Å². The van der Waals surface area contributed by atoms with Crippen molar-refractivity contribution in [1.29, 1.82) is 0 Å². The van der Waals surface area contributed by atoms with Gasteiger partial charge in [0.15, 0.2) is 5.16 Å².